The molecule has 1 N–H and O–H groups in total. The maximum Gasteiger partial charge on any atom is 0.232 e. The predicted octanol–water partition coefficient (Wildman–Crippen LogP) is 1.07. The molecule has 0 amide bonds. The molecule has 3 rings (SSSR count). The first-order valence-electron chi connectivity index (χ1n) is 5.93. The molecule has 6 heteroatoms. The van der Waals surface area contributed by atoms with Gasteiger partial charge in [0, 0.05) is 6.26 Å². The van der Waals surface area contributed by atoms with Crippen LogP contribution in [0.4, 0.5) is 0 Å². The molecule has 0 radical (unpaired) electrons. The zero-order valence-corrected chi connectivity index (χ0v) is 10.9. The number of sulfone groups is 1. The molecule has 0 bridgehead atoms. The van der Waals surface area contributed by atoms with Gasteiger partial charge in [0.2, 0.25) is 15.0 Å². The minimum absolute atomic E-state index is 0.0556. The van der Waals surface area contributed by atoms with Crippen molar-refractivity contribution in [2.45, 2.75) is 25.0 Å². The van der Waals surface area contributed by atoms with Gasteiger partial charge >= 0.3 is 0 Å². The summed E-state index contributed by atoms with van der Waals surface area (Å²) in [5.74, 6) is 0. The molecule has 0 aliphatic carbocycles. The number of nitrogens with one attached hydrogen (secondary N) is 1. The highest BCUT2D eigenvalue weighted by Crippen LogP contribution is 2.37. The summed E-state index contributed by atoms with van der Waals surface area (Å²) in [6, 6.07) is 10.3. The van der Waals surface area contributed by atoms with Gasteiger partial charge in [-0.15, -0.1) is 0 Å². The fraction of sp³-hybridized carbons (Fsp3) is 0.417. The lowest BCUT2D eigenvalue weighted by Gasteiger charge is -2.23. The number of hydrazine groups is 1. The van der Waals surface area contributed by atoms with E-state index < -0.39 is 9.84 Å². The van der Waals surface area contributed by atoms with Crippen LogP contribution in [0.2, 0.25) is 0 Å². The van der Waals surface area contributed by atoms with Gasteiger partial charge in [-0.25, -0.2) is 13.4 Å². The van der Waals surface area contributed by atoms with Gasteiger partial charge in [-0.2, -0.15) is 5.01 Å². The van der Waals surface area contributed by atoms with Crippen molar-refractivity contribution in [3.05, 3.63) is 35.9 Å². The van der Waals surface area contributed by atoms with Crippen LogP contribution in [0.1, 0.15) is 24.4 Å². The first-order chi connectivity index (χ1) is 8.55. The molecule has 18 heavy (non-hydrogen) atoms. The molecule has 2 heterocycles. The fourth-order valence-corrected chi connectivity index (χ4v) is 3.11. The number of aliphatic imine (C=N–C) groups is 1. The molecule has 0 saturated carbocycles. The summed E-state index contributed by atoms with van der Waals surface area (Å²) in [7, 11) is -3.25. The zero-order valence-electron chi connectivity index (χ0n) is 10.1. The minimum atomic E-state index is -3.25. The van der Waals surface area contributed by atoms with Crippen molar-refractivity contribution in [1.29, 1.82) is 0 Å². The normalized spacial score (nSPS) is 27.7. The van der Waals surface area contributed by atoms with E-state index in [1.807, 2.05) is 23.2 Å². The van der Waals surface area contributed by atoms with Crippen LogP contribution < -0.4 is 5.43 Å². The van der Waals surface area contributed by atoms with E-state index >= 15 is 0 Å². The van der Waals surface area contributed by atoms with Crippen molar-refractivity contribution >= 4 is 15.0 Å². The summed E-state index contributed by atoms with van der Waals surface area (Å²) in [6.07, 6.45) is 2.99. The number of nitrogens with zero attached hydrogens (tertiary/aromatic N) is 2. The molecular formula is C12H15N3O2S. The van der Waals surface area contributed by atoms with Crippen molar-refractivity contribution in [1.82, 2.24) is 10.4 Å². The van der Waals surface area contributed by atoms with E-state index in [4.69, 9.17) is 0 Å². The SMILES string of the molecule is CS(=O)(=O)C1=NC2CCC(c3ccccc3)N2N1. The Hall–Kier alpha value is -1.40. The Balaban J connectivity index is 1.86. The lowest BCUT2D eigenvalue weighted by atomic mass is 10.1. The van der Waals surface area contributed by atoms with Crippen LogP contribution in [0.3, 0.4) is 0 Å². The Bertz CT molecular complexity index is 583. The molecule has 96 valence electrons. The van der Waals surface area contributed by atoms with Gasteiger partial charge in [0.1, 0.15) is 6.17 Å². The summed E-state index contributed by atoms with van der Waals surface area (Å²) >= 11 is 0. The Morgan fingerprint density at radius 1 is 1.28 bits per heavy atom. The second-order valence-corrected chi connectivity index (χ2v) is 6.64. The lowest BCUT2D eigenvalue weighted by molar-refractivity contribution is 0.183. The summed E-state index contributed by atoms with van der Waals surface area (Å²) in [5, 5.41) is 2.04. The van der Waals surface area contributed by atoms with Gasteiger partial charge in [-0.05, 0) is 18.4 Å². The van der Waals surface area contributed by atoms with Crippen molar-refractivity contribution in [2.75, 3.05) is 6.26 Å². The Kier molecular flexibility index (Phi) is 2.64. The standard InChI is InChI=1S/C12H15N3O2S/c1-18(16,17)12-13-11-8-7-10(15(11)14-12)9-5-3-2-4-6-9/h2-6,10-11H,7-8H2,1H3,(H,13,14). The van der Waals surface area contributed by atoms with E-state index in [0.717, 1.165) is 12.8 Å². The monoisotopic (exact) mass is 265 g/mol. The minimum Gasteiger partial charge on any atom is -0.291 e. The Labute approximate surface area is 106 Å². The number of benzene rings is 1. The van der Waals surface area contributed by atoms with E-state index in [1.165, 1.54) is 11.8 Å². The Morgan fingerprint density at radius 3 is 2.67 bits per heavy atom. The third-order valence-electron chi connectivity index (χ3n) is 3.38. The van der Waals surface area contributed by atoms with Crippen molar-refractivity contribution in [3.8, 4) is 0 Å². The van der Waals surface area contributed by atoms with E-state index in [0.29, 0.717) is 0 Å². The molecule has 1 aromatic carbocycles. The summed E-state index contributed by atoms with van der Waals surface area (Å²) in [6.45, 7) is 0. The first-order valence-corrected chi connectivity index (χ1v) is 7.82. The third kappa shape index (κ3) is 1.91. The number of amidine groups is 1. The highest BCUT2D eigenvalue weighted by Gasteiger charge is 2.40. The zero-order chi connectivity index (χ0) is 12.8. The average Bonchev–Trinajstić information content (AvgIpc) is 2.88. The maximum atomic E-state index is 11.5. The molecule has 2 aliphatic heterocycles. The van der Waals surface area contributed by atoms with Crippen LogP contribution in [0.15, 0.2) is 35.3 Å². The highest BCUT2D eigenvalue weighted by atomic mass is 32.2. The summed E-state index contributed by atoms with van der Waals surface area (Å²) < 4.78 is 23.0. The van der Waals surface area contributed by atoms with Gasteiger partial charge in [0.15, 0.2) is 0 Å². The van der Waals surface area contributed by atoms with E-state index in [2.05, 4.69) is 22.6 Å². The number of hydrogen-bond acceptors (Lipinski definition) is 5. The van der Waals surface area contributed by atoms with Crippen LogP contribution in [0.25, 0.3) is 0 Å². The third-order valence-corrected chi connectivity index (χ3v) is 4.28. The van der Waals surface area contributed by atoms with E-state index in [9.17, 15) is 8.42 Å². The second kappa shape index (κ2) is 4.07. The molecule has 2 atom stereocenters. The van der Waals surface area contributed by atoms with Gasteiger partial charge in [0.25, 0.3) is 0 Å². The summed E-state index contributed by atoms with van der Waals surface area (Å²) in [4.78, 5) is 4.24. The largest absolute Gasteiger partial charge is 0.291 e. The van der Waals surface area contributed by atoms with Crippen molar-refractivity contribution in [3.63, 3.8) is 0 Å². The van der Waals surface area contributed by atoms with Crippen LogP contribution in [0, 0.1) is 0 Å². The van der Waals surface area contributed by atoms with Gasteiger partial charge in [0.05, 0.1) is 6.04 Å². The molecule has 2 unspecified atom stereocenters. The number of hydrogen-bond donors (Lipinski definition) is 1. The van der Waals surface area contributed by atoms with Crippen LogP contribution in [-0.4, -0.2) is 31.0 Å². The smallest absolute Gasteiger partial charge is 0.232 e. The number of rotatable bonds is 1. The van der Waals surface area contributed by atoms with Gasteiger partial charge in [-0.3, -0.25) is 5.43 Å². The summed E-state index contributed by atoms with van der Waals surface area (Å²) in [5.41, 5.74) is 4.13. The van der Waals surface area contributed by atoms with E-state index in [1.54, 1.807) is 0 Å². The molecule has 0 aromatic heterocycles. The molecule has 1 saturated heterocycles. The van der Waals surface area contributed by atoms with Crippen molar-refractivity contribution < 1.29 is 8.42 Å². The molecule has 2 aliphatic rings. The topological polar surface area (TPSA) is 61.8 Å². The van der Waals surface area contributed by atoms with Crippen LogP contribution in [0.5, 0.6) is 0 Å². The molecular weight excluding hydrogens is 250 g/mol. The number of fused-ring (bicyclic) bond motifs is 1. The average molecular weight is 265 g/mol. The second-order valence-electron chi connectivity index (χ2n) is 4.71. The van der Waals surface area contributed by atoms with Crippen molar-refractivity contribution in [2.24, 2.45) is 4.99 Å². The quantitative estimate of drug-likeness (QED) is 0.825. The first kappa shape index (κ1) is 11.7. The van der Waals surface area contributed by atoms with Crippen LogP contribution in [-0.2, 0) is 9.84 Å². The van der Waals surface area contributed by atoms with Gasteiger partial charge < -0.3 is 0 Å². The predicted molar refractivity (Wildman–Crippen MR) is 69.5 cm³/mol. The Morgan fingerprint density at radius 2 is 2.00 bits per heavy atom. The molecule has 0 spiro atoms. The van der Waals surface area contributed by atoms with E-state index in [-0.39, 0.29) is 17.4 Å². The molecule has 1 aromatic rings. The lowest BCUT2D eigenvalue weighted by Crippen LogP contribution is -2.41. The van der Waals surface area contributed by atoms with Gasteiger partial charge in [-0.1, -0.05) is 30.3 Å². The maximum absolute atomic E-state index is 11.5. The molecule has 1 fully saturated rings. The van der Waals surface area contributed by atoms with Crippen LogP contribution >= 0.6 is 0 Å². The fourth-order valence-electron chi connectivity index (χ4n) is 2.53. The highest BCUT2D eigenvalue weighted by molar-refractivity contribution is 8.05. The molecule has 5 nitrogen and oxygen atoms in total.